The number of hydrogen-bond donors (Lipinski definition) is 0. The van der Waals surface area contributed by atoms with Gasteiger partial charge in [0.25, 0.3) is 0 Å². The molecule has 0 aliphatic rings. The van der Waals surface area contributed by atoms with Crippen LogP contribution in [0.4, 0.5) is 0 Å². The molecule has 0 unspecified atom stereocenters. The highest BCUT2D eigenvalue weighted by atomic mass is 35.5. The Labute approximate surface area is 130 Å². The van der Waals surface area contributed by atoms with Crippen molar-refractivity contribution in [3.63, 3.8) is 0 Å². The van der Waals surface area contributed by atoms with E-state index in [1.165, 1.54) is 5.56 Å². The fourth-order valence-corrected chi connectivity index (χ4v) is 2.67. The zero-order chi connectivity index (χ0) is 13.9. The maximum Gasteiger partial charge on any atom is 0.328 e. The quantitative estimate of drug-likeness (QED) is 0.725. The summed E-state index contributed by atoms with van der Waals surface area (Å²) in [4.78, 5) is 12.3. The summed E-state index contributed by atoms with van der Waals surface area (Å²) in [6, 6.07) is 18.4. The van der Waals surface area contributed by atoms with Gasteiger partial charge < -0.3 is 0 Å². The van der Waals surface area contributed by atoms with Crippen LogP contribution in [0.1, 0.15) is 12.0 Å². The van der Waals surface area contributed by atoms with Gasteiger partial charge in [-0.3, -0.25) is 9.13 Å². The number of aryl methyl sites for hydroxylation is 3. The van der Waals surface area contributed by atoms with Gasteiger partial charge in [-0.1, -0.05) is 42.5 Å². The van der Waals surface area contributed by atoms with Gasteiger partial charge in [0.1, 0.15) is 0 Å². The molecule has 0 spiro atoms. The zero-order valence-corrected chi connectivity index (χ0v) is 12.8. The number of aromatic nitrogens is 2. The minimum absolute atomic E-state index is 0. The molecule has 2 aromatic carbocycles. The molecule has 0 bridgehead atoms. The Morgan fingerprint density at radius 3 is 2.24 bits per heavy atom. The number of hydrogen-bond acceptors (Lipinski definition) is 1. The Morgan fingerprint density at radius 1 is 0.905 bits per heavy atom. The van der Waals surface area contributed by atoms with Crippen molar-refractivity contribution >= 4 is 23.4 Å². The molecule has 0 fully saturated rings. The summed E-state index contributed by atoms with van der Waals surface area (Å²) < 4.78 is 3.59. The fourth-order valence-electron chi connectivity index (χ4n) is 2.67. The van der Waals surface area contributed by atoms with Crippen LogP contribution in [0, 0.1) is 0 Å². The average Bonchev–Trinajstić information content (AvgIpc) is 2.74. The van der Waals surface area contributed by atoms with Crippen LogP contribution >= 0.6 is 12.4 Å². The number of rotatable bonds is 4. The van der Waals surface area contributed by atoms with Crippen LogP contribution in [0.15, 0.2) is 59.4 Å². The summed E-state index contributed by atoms with van der Waals surface area (Å²) in [5.74, 6) is 0. The highest BCUT2D eigenvalue weighted by molar-refractivity contribution is 5.85. The number of imidazole rings is 1. The first-order chi connectivity index (χ1) is 9.77. The molecule has 3 rings (SSSR count). The first kappa shape index (κ1) is 15.4. The van der Waals surface area contributed by atoms with Crippen LogP contribution < -0.4 is 5.69 Å². The maximum atomic E-state index is 12.3. The number of nitrogens with zero attached hydrogens (tertiary/aromatic N) is 2. The summed E-state index contributed by atoms with van der Waals surface area (Å²) in [5.41, 5.74) is 3.41. The van der Waals surface area contributed by atoms with Gasteiger partial charge >= 0.3 is 5.69 Å². The van der Waals surface area contributed by atoms with Crippen LogP contribution in [0.25, 0.3) is 11.0 Å². The van der Waals surface area contributed by atoms with E-state index in [0.29, 0.717) is 0 Å². The molecule has 21 heavy (non-hydrogen) atoms. The Balaban J connectivity index is 0.00000161. The predicted octanol–water partition coefficient (Wildman–Crippen LogP) is 3.39. The molecule has 0 saturated carbocycles. The van der Waals surface area contributed by atoms with Crippen molar-refractivity contribution in [2.24, 2.45) is 7.05 Å². The van der Waals surface area contributed by atoms with E-state index in [9.17, 15) is 4.79 Å². The maximum absolute atomic E-state index is 12.3. The number of fused-ring (bicyclic) bond motifs is 1. The van der Waals surface area contributed by atoms with Gasteiger partial charge in [0.2, 0.25) is 0 Å². The second kappa shape index (κ2) is 6.64. The number of para-hydroxylation sites is 2. The third-order valence-corrected chi connectivity index (χ3v) is 3.74. The van der Waals surface area contributed by atoms with E-state index in [1.807, 2.05) is 41.9 Å². The minimum atomic E-state index is 0. The second-order valence-corrected chi connectivity index (χ2v) is 5.07. The van der Waals surface area contributed by atoms with E-state index in [4.69, 9.17) is 0 Å². The molecular weight excluding hydrogens is 284 g/mol. The fraction of sp³-hybridized carbons (Fsp3) is 0.235. The SMILES string of the molecule is Cl.Cn1c(=O)n(CCCc2ccccc2)c2ccccc21. The Bertz CT molecular complexity index is 774. The molecule has 4 heteroatoms. The Kier molecular flexibility index (Phi) is 4.86. The second-order valence-electron chi connectivity index (χ2n) is 5.07. The lowest BCUT2D eigenvalue weighted by Gasteiger charge is -2.03. The molecule has 1 aromatic heterocycles. The Hall–Kier alpha value is -2.00. The predicted molar refractivity (Wildman–Crippen MR) is 89.2 cm³/mol. The smallest absolute Gasteiger partial charge is 0.295 e. The molecule has 3 aromatic rings. The molecule has 0 amide bonds. The normalized spacial score (nSPS) is 10.5. The first-order valence-corrected chi connectivity index (χ1v) is 6.95. The largest absolute Gasteiger partial charge is 0.328 e. The number of halogens is 1. The van der Waals surface area contributed by atoms with Crippen molar-refractivity contribution in [2.45, 2.75) is 19.4 Å². The molecule has 0 N–H and O–H groups in total. The van der Waals surface area contributed by atoms with Crippen molar-refractivity contribution in [2.75, 3.05) is 0 Å². The van der Waals surface area contributed by atoms with E-state index in [1.54, 1.807) is 4.57 Å². The van der Waals surface area contributed by atoms with Crippen molar-refractivity contribution < 1.29 is 0 Å². The molecule has 0 aliphatic heterocycles. The van der Waals surface area contributed by atoms with Gasteiger partial charge in [0.05, 0.1) is 11.0 Å². The monoisotopic (exact) mass is 302 g/mol. The van der Waals surface area contributed by atoms with Crippen LogP contribution in [0.3, 0.4) is 0 Å². The first-order valence-electron chi connectivity index (χ1n) is 6.95. The van der Waals surface area contributed by atoms with E-state index in [2.05, 4.69) is 24.3 Å². The minimum Gasteiger partial charge on any atom is -0.295 e. The summed E-state index contributed by atoms with van der Waals surface area (Å²) >= 11 is 0. The molecule has 0 aliphatic carbocycles. The summed E-state index contributed by atoms with van der Waals surface area (Å²) in [7, 11) is 1.83. The van der Waals surface area contributed by atoms with Crippen LogP contribution in [0.2, 0.25) is 0 Å². The Morgan fingerprint density at radius 2 is 1.52 bits per heavy atom. The lowest BCUT2D eigenvalue weighted by Crippen LogP contribution is -2.22. The zero-order valence-electron chi connectivity index (χ0n) is 12.0. The van der Waals surface area contributed by atoms with Crippen molar-refractivity contribution in [3.8, 4) is 0 Å². The van der Waals surface area contributed by atoms with Crippen LogP contribution in [-0.2, 0) is 20.0 Å². The van der Waals surface area contributed by atoms with Gasteiger partial charge in [-0.15, -0.1) is 12.4 Å². The number of benzene rings is 2. The summed E-state index contributed by atoms with van der Waals surface area (Å²) in [6.07, 6.45) is 1.97. The van der Waals surface area contributed by atoms with E-state index >= 15 is 0 Å². The van der Waals surface area contributed by atoms with E-state index in [0.717, 1.165) is 30.4 Å². The third kappa shape index (κ3) is 3.03. The van der Waals surface area contributed by atoms with E-state index < -0.39 is 0 Å². The molecule has 0 saturated heterocycles. The van der Waals surface area contributed by atoms with Gasteiger partial charge in [-0.2, -0.15) is 0 Å². The summed E-state index contributed by atoms with van der Waals surface area (Å²) in [6.45, 7) is 0.759. The average molecular weight is 303 g/mol. The topological polar surface area (TPSA) is 26.9 Å². The lowest BCUT2D eigenvalue weighted by atomic mass is 10.1. The lowest BCUT2D eigenvalue weighted by molar-refractivity contribution is 0.623. The molecule has 0 radical (unpaired) electrons. The molecule has 0 atom stereocenters. The molecule has 3 nitrogen and oxygen atoms in total. The third-order valence-electron chi connectivity index (χ3n) is 3.74. The van der Waals surface area contributed by atoms with Crippen LogP contribution in [-0.4, -0.2) is 9.13 Å². The van der Waals surface area contributed by atoms with Gasteiger partial charge in [0.15, 0.2) is 0 Å². The van der Waals surface area contributed by atoms with Gasteiger partial charge in [-0.25, -0.2) is 4.79 Å². The van der Waals surface area contributed by atoms with Crippen LogP contribution in [0.5, 0.6) is 0 Å². The van der Waals surface area contributed by atoms with Crippen molar-refractivity contribution in [1.82, 2.24) is 9.13 Å². The summed E-state index contributed by atoms with van der Waals surface area (Å²) in [5, 5.41) is 0. The van der Waals surface area contributed by atoms with Gasteiger partial charge in [0, 0.05) is 13.6 Å². The van der Waals surface area contributed by atoms with Crippen molar-refractivity contribution in [1.29, 1.82) is 0 Å². The van der Waals surface area contributed by atoms with E-state index in [-0.39, 0.29) is 18.1 Å². The highest BCUT2D eigenvalue weighted by Crippen LogP contribution is 2.12. The highest BCUT2D eigenvalue weighted by Gasteiger charge is 2.09. The molecule has 1 heterocycles. The van der Waals surface area contributed by atoms with Crippen molar-refractivity contribution in [3.05, 3.63) is 70.6 Å². The molecule has 110 valence electrons. The standard InChI is InChI=1S/C17H18N2O.ClH/c1-18-15-11-5-6-12-16(15)19(17(18)20)13-7-10-14-8-3-2-4-9-14;/h2-6,8-9,11-12H,7,10,13H2,1H3;1H. The molecular formula is C17H19ClN2O. The van der Waals surface area contributed by atoms with Gasteiger partial charge in [-0.05, 0) is 30.5 Å².